The van der Waals surface area contributed by atoms with Gasteiger partial charge >= 0.3 is 0 Å². The van der Waals surface area contributed by atoms with E-state index in [0.29, 0.717) is 6.04 Å². The van der Waals surface area contributed by atoms with E-state index in [9.17, 15) is 0 Å². The molecule has 13 heavy (non-hydrogen) atoms. The van der Waals surface area contributed by atoms with Gasteiger partial charge in [-0.15, -0.1) is 0 Å². The Morgan fingerprint density at radius 2 is 2.15 bits per heavy atom. The molecule has 1 fully saturated rings. The lowest BCUT2D eigenvalue weighted by atomic mass is 10.1. The molecule has 2 heterocycles. The molecule has 0 amide bonds. The highest BCUT2D eigenvalue weighted by molar-refractivity contribution is 5.83. The smallest absolute Gasteiger partial charge is 0.0965 e. The van der Waals surface area contributed by atoms with Crippen molar-refractivity contribution in [3.8, 4) is 0 Å². The largest absolute Gasteiger partial charge is 0.371 e. The Hall–Kier alpha value is -0.570. The monoisotopic (exact) mass is 181 g/mol. The van der Waals surface area contributed by atoms with Gasteiger partial charge in [-0.2, -0.15) is 0 Å². The van der Waals surface area contributed by atoms with E-state index in [-0.39, 0.29) is 0 Å². The molecule has 0 atom stereocenters. The minimum absolute atomic E-state index is 0.688. The van der Waals surface area contributed by atoms with Crippen LogP contribution in [0.15, 0.2) is 4.99 Å². The molecule has 0 aromatic rings. The van der Waals surface area contributed by atoms with Crippen LogP contribution in [0, 0.1) is 0 Å². The molecule has 0 aromatic heterocycles. The number of nitrogens with zero attached hydrogens (tertiary/aromatic N) is 2. The predicted molar refractivity (Wildman–Crippen MR) is 55.2 cm³/mol. The van der Waals surface area contributed by atoms with Crippen molar-refractivity contribution >= 4 is 5.84 Å². The molecule has 0 aliphatic carbocycles. The van der Waals surface area contributed by atoms with Crippen LogP contribution in [-0.2, 0) is 0 Å². The van der Waals surface area contributed by atoms with Crippen LogP contribution in [0.4, 0.5) is 0 Å². The zero-order chi connectivity index (χ0) is 9.10. The van der Waals surface area contributed by atoms with Gasteiger partial charge in [0.2, 0.25) is 0 Å². The van der Waals surface area contributed by atoms with Crippen molar-refractivity contribution in [1.29, 1.82) is 0 Å². The third-order valence-corrected chi connectivity index (χ3v) is 2.96. The van der Waals surface area contributed by atoms with Gasteiger partial charge in [-0.3, -0.25) is 4.99 Å². The van der Waals surface area contributed by atoms with Gasteiger partial charge in [0.15, 0.2) is 0 Å². The van der Waals surface area contributed by atoms with Crippen LogP contribution >= 0.6 is 0 Å². The summed E-state index contributed by atoms with van der Waals surface area (Å²) in [7, 11) is 2.20. The van der Waals surface area contributed by atoms with Crippen LogP contribution in [0.1, 0.15) is 25.7 Å². The first-order valence-electron chi connectivity index (χ1n) is 5.33. The molecule has 1 N–H and O–H groups in total. The number of hydrogen-bond acceptors (Lipinski definition) is 3. The maximum absolute atomic E-state index is 4.44. The summed E-state index contributed by atoms with van der Waals surface area (Å²) in [5.41, 5.74) is 0. The van der Waals surface area contributed by atoms with Crippen molar-refractivity contribution in [2.75, 3.05) is 26.7 Å². The van der Waals surface area contributed by atoms with Gasteiger partial charge in [0.25, 0.3) is 0 Å². The quantitative estimate of drug-likeness (QED) is 0.650. The Morgan fingerprint density at radius 3 is 2.77 bits per heavy atom. The fraction of sp³-hybridized carbons (Fsp3) is 0.900. The second-order valence-electron chi connectivity index (χ2n) is 4.15. The lowest BCUT2D eigenvalue weighted by Gasteiger charge is -2.30. The molecule has 0 aromatic carbocycles. The molecule has 2 aliphatic heterocycles. The van der Waals surface area contributed by atoms with Crippen molar-refractivity contribution in [2.24, 2.45) is 4.99 Å². The van der Waals surface area contributed by atoms with Crippen molar-refractivity contribution in [2.45, 2.75) is 31.7 Å². The third kappa shape index (κ3) is 2.44. The molecule has 0 radical (unpaired) electrons. The van der Waals surface area contributed by atoms with Gasteiger partial charge in [0.1, 0.15) is 0 Å². The van der Waals surface area contributed by atoms with Crippen molar-refractivity contribution in [3.05, 3.63) is 0 Å². The highest BCUT2D eigenvalue weighted by atomic mass is 15.1. The van der Waals surface area contributed by atoms with Gasteiger partial charge < -0.3 is 10.2 Å². The summed E-state index contributed by atoms with van der Waals surface area (Å²) in [5.74, 6) is 1.26. The molecule has 2 aliphatic rings. The van der Waals surface area contributed by atoms with Crippen molar-refractivity contribution < 1.29 is 0 Å². The zero-order valence-corrected chi connectivity index (χ0v) is 8.42. The average Bonchev–Trinajstić information content (AvgIpc) is 2.62. The van der Waals surface area contributed by atoms with Gasteiger partial charge in [-0.25, -0.2) is 0 Å². The normalized spacial score (nSPS) is 26.1. The highest BCUT2D eigenvalue weighted by Gasteiger charge is 2.18. The average molecular weight is 181 g/mol. The molecule has 0 bridgehead atoms. The lowest BCUT2D eigenvalue weighted by Crippen LogP contribution is -2.42. The van der Waals surface area contributed by atoms with Gasteiger partial charge in [0.05, 0.1) is 5.84 Å². The third-order valence-electron chi connectivity index (χ3n) is 2.96. The first-order valence-corrected chi connectivity index (χ1v) is 5.33. The number of likely N-dealkylation sites (tertiary alicyclic amines) is 1. The molecule has 0 saturated carbocycles. The summed E-state index contributed by atoms with van der Waals surface area (Å²) in [6.45, 7) is 3.49. The second-order valence-corrected chi connectivity index (χ2v) is 4.15. The van der Waals surface area contributed by atoms with E-state index in [0.717, 1.165) is 6.54 Å². The molecule has 0 unspecified atom stereocenters. The van der Waals surface area contributed by atoms with E-state index in [1.54, 1.807) is 0 Å². The Balaban J connectivity index is 1.75. The van der Waals surface area contributed by atoms with E-state index < -0.39 is 0 Å². The summed E-state index contributed by atoms with van der Waals surface area (Å²) in [6, 6.07) is 0.688. The molecule has 74 valence electrons. The number of piperidine rings is 1. The topological polar surface area (TPSA) is 27.6 Å². The van der Waals surface area contributed by atoms with Gasteiger partial charge in [-0.05, 0) is 39.4 Å². The second kappa shape index (κ2) is 4.09. The molecule has 1 saturated heterocycles. The molecular formula is C10H19N3. The highest BCUT2D eigenvalue weighted by Crippen LogP contribution is 2.10. The van der Waals surface area contributed by atoms with Gasteiger partial charge in [0, 0.05) is 19.0 Å². The fourth-order valence-corrected chi connectivity index (χ4v) is 2.05. The van der Waals surface area contributed by atoms with Crippen molar-refractivity contribution in [3.63, 3.8) is 0 Å². The summed E-state index contributed by atoms with van der Waals surface area (Å²) >= 11 is 0. The van der Waals surface area contributed by atoms with Crippen LogP contribution < -0.4 is 5.32 Å². The minimum atomic E-state index is 0.688. The van der Waals surface area contributed by atoms with Crippen LogP contribution in [0.2, 0.25) is 0 Å². The van der Waals surface area contributed by atoms with Crippen LogP contribution in [-0.4, -0.2) is 43.5 Å². The Morgan fingerprint density at radius 1 is 1.38 bits per heavy atom. The number of aliphatic imine (C=N–C) groups is 1. The first-order chi connectivity index (χ1) is 6.34. The molecule has 3 nitrogen and oxygen atoms in total. The van der Waals surface area contributed by atoms with Crippen LogP contribution in [0.5, 0.6) is 0 Å². The molecule has 3 heteroatoms. The summed E-state index contributed by atoms with van der Waals surface area (Å²) in [4.78, 5) is 6.84. The van der Waals surface area contributed by atoms with Gasteiger partial charge in [-0.1, -0.05) is 0 Å². The molecular weight excluding hydrogens is 162 g/mol. The SMILES string of the molecule is CN1CCC(NC2=NCCC2)CC1. The fourth-order valence-electron chi connectivity index (χ4n) is 2.05. The molecule has 0 spiro atoms. The van der Waals surface area contributed by atoms with Crippen LogP contribution in [0.3, 0.4) is 0 Å². The summed E-state index contributed by atoms with van der Waals surface area (Å²) in [6.07, 6.45) is 4.96. The maximum atomic E-state index is 4.44. The number of nitrogens with one attached hydrogen (secondary N) is 1. The number of hydrogen-bond donors (Lipinski definition) is 1. The number of rotatable bonds is 1. The Labute approximate surface area is 80.2 Å². The Kier molecular flexibility index (Phi) is 2.83. The maximum Gasteiger partial charge on any atom is 0.0965 e. The lowest BCUT2D eigenvalue weighted by molar-refractivity contribution is 0.246. The minimum Gasteiger partial charge on any atom is -0.371 e. The van der Waals surface area contributed by atoms with E-state index >= 15 is 0 Å². The Bertz CT molecular complexity index is 192. The van der Waals surface area contributed by atoms with Crippen molar-refractivity contribution in [1.82, 2.24) is 10.2 Å². The number of amidine groups is 1. The molecule has 2 rings (SSSR count). The van der Waals surface area contributed by atoms with E-state index in [4.69, 9.17) is 0 Å². The zero-order valence-electron chi connectivity index (χ0n) is 8.42. The van der Waals surface area contributed by atoms with E-state index in [2.05, 4.69) is 22.3 Å². The summed E-state index contributed by atoms with van der Waals surface area (Å²) in [5, 5.41) is 3.56. The standard InChI is InChI=1S/C10H19N3/c1-13-7-4-9(5-8-13)12-10-3-2-6-11-10/h9H,2-8H2,1H3,(H,11,12). The van der Waals surface area contributed by atoms with E-state index in [1.165, 1.54) is 44.6 Å². The summed E-state index contributed by atoms with van der Waals surface area (Å²) < 4.78 is 0. The van der Waals surface area contributed by atoms with Crippen LogP contribution in [0.25, 0.3) is 0 Å². The van der Waals surface area contributed by atoms with E-state index in [1.807, 2.05) is 0 Å². The first kappa shape index (κ1) is 9.00. The predicted octanol–water partition coefficient (Wildman–Crippen LogP) is 0.862.